The molecule has 2 nitrogen and oxygen atoms in total. The molecule has 0 spiro atoms. The van der Waals surface area contributed by atoms with Gasteiger partial charge in [-0.1, -0.05) is 49.4 Å². The highest BCUT2D eigenvalue weighted by Gasteiger charge is 2.53. The van der Waals surface area contributed by atoms with Crippen LogP contribution in [0.2, 0.25) is 0 Å². The molecule has 0 saturated carbocycles. The molecule has 100 valence electrons. The lowest BCUT2D eigenvalue weighted by atomic mass is 9.85. The van der Waals surface area contributed by atoms with Gasteiger partial charge in [-0.15, -0.1) is 0 Å². The number of ether oxygens (including phenoxy) is 1. The van der Waals surface area contributed by atoms with Crippen molar-refractivity contribution in [1.82, 2.24) is 0 Å². The smallest absolute Gasteiger partial charge is 0.309 e. The van der Waals surface area contributed by atoms with Crippen molar-refractivity contribution in [2.24, 2.45) is 5.92 Å². The predicted molar refractivity (Wildman–Crippen MR) is 79.1 cm³/mol. The first-order valence-electron chi connectivity index (χ1n) is 6.73. The topological polar surface area (TPSA) is 26.3 Å². The molecule has 0 radical (unpaired) electrons. The van der Waals surface area contributed by atoms with Gasteiger partial charge in [0.25, 0.3) is 0 Å². The largest absolute Gasteiger partial charge is 0.469 e. The summed E-state index contributed by atoms with van der Waals surface area (Å²) in [6.45, 7) is 4.44. The molecular weight excluding hydrogens is 255 g/mol. The van der Waals surface area contributed by atoms with Crippen LogP contribution in [0.3, 0.4) is 0 Å². The van der Waals surface area contributed by atoms with Crippen LogP contribution in [0.1, 0.15) is 20.3 Å². The van der Waals surface area contributed by atoms with Crippen molar-refractivity contribution in [2.45, 2.75) is 31.6 Å². The first-order chi connectivity index (χ1) is 9.15. The summed E-state index contributed by atoms with van der Waals surface area (Å²) in [6.07, 6.45) is 0.973. The summed E-state index contributed by atoms with van der Waals surface area (Å²) in [6, 6.07) is 10.7. The maximum absolute atomic E-state index is 12.0. The Morgan fingerprint density at radius 1 is 1.21 bits per heavy atom. The van der Waals surface area contributed by atoms with E-state index in [4.69, 9.17) is 4.74 Å². The van der Waals surface area contributed by atoms with Crippen molar-refractivity contribution in [3.63, 3.8) is 0 Å². The molecule has 0 aromatic heterocycles. The van der Waals surface area contributed by atoms with Gasteiger partial charge in [-0.25, -0.2) is 0 Å². The van der Waals surface area contributed by atoms with E-state index in [0.717, 1.165) is 6.42 Å². The molecule has 2 aliphatic heterocycles. The van der Waals surface area contributed by atoms with Crippen LogP contribution >= 0.6 is 7.92 Å². The van der Waals surface area contributed by atoms with Crippen molar-refractivity contribution in [3.05, 3.63) is 41.5 Å². The van der Waals surface area contributed by atoms with Gasteiger partial charge in [-0.05, 0) is 25.6 Å². The van der Waals surface area contributed by atoms with E-state index in [-0.39, 0.29) is 19.8 Å². The monoisotopic (exact) mass is 274 g/mol. The molecule has 1 aromatic rings. The molecule has 1 fully saturated rings. The predicted octanol–water partition coefficient (Wildman–Crippen LogP) is 3.07. The summed E-state index contributed by atoms with van der Waals surface area (Å²) in [7, 11) is 1.22. The van der Waals surface area contributed by atoms with Gasteiger partial charge in [0.05, 0.1) is 13.0 Å². The van der Waals surface area contributed by atoms with Gasteiger partial charge in [0.2, 0.25) is 0 Å². The highest BCUT2D eigenvalue weighted by molar-refractivity contribution is 7.68. The van der Waals surface area contributed by atoms with Gasteiger partial charge in [0.15, 0.2) is 0 Å². The van der Waals surface area contributed by atoms with Gasteiger partial charge < -0.3 is 4.74 Å². The molecule has 1 saturated heterocycles. The molecule has 3 rings (SSSR count). The molecule has 2 heterocycles. The summed E-state index contributed by atoms with van der Waals surface area (Å²) in [4.78, 5) is 12.0. The zero-order valence-electron chi connectivity index (χ0n) is 11.6. The molecular formula is C16H19O2P. The number of hydrogen-bond donors (Lipinski definition) is 0. The summed E-state index contributed by atoms with van der Waals surface area (Å²) in [5, 5.41) is 1.43. The summed E-state index contributed by atoms with van der Waals surface area (Å²) < 4.78 is 5.00. The number of benzene rings is 1. The number of methoxy groups -OCH3 is 1. The lowest BCUT2D eigenvalue weighted by Gasteiger charge is -2.22. The Hall–Kier alpha value is -1.14. The van der Waals surface area contributed by atoms with E-state index in [2.05, 4.69) is 44.2 Å². The molecule has 19 heavy (non-hydrogen) atoms. The highest BCUT2D eigenvalue weighted by Crippen LogP contribution is 2.67. The van der Waals surface area contributed by atoms with Crippen LogP contribution in [0.25, 0.3) is 0 Å². The summed E-state index contributed by atoms with van der Waals surface area (Å²) in [5.41, 5.74) is 3.92. The SMILES string of the molecule is COC(=O)[C@H]1C[C@@H]2C(C)=C(C)[C@H]1P2c1ccccc1. The number of hydrogen-bond acceptors (Lipinski definition) is 2. The minimum atomic E-state index is -0.283. The summed E-state index contributed by atoms with van der Waals surface area (Å²) in [5.74, 6) is 0.0489. The van der Waals surface area contributed by atoms with E-state index < -0.39 is 0 Å². The third kappa shape index (κ3) is 1.85. The Labute approximate surface area is 115 Å². The fourth-order valence-electron chi connectivity index (χ4n) is 3.58. The number of esters is 1. The molecule has 4 atom stereocenters. The number of rotatable bonds is 2. The van der Waals surface area contributed by atoms with Gasteiger partial charge in [0.1, 0.15) is 0 Å². The van der Waals surface area contributed by atoms with Crippen LogP contribution in [0.4, 0.5) is 0 Å². The van der Waals surface area contributed by atoms with Crippen molar-refractivity contribution >= 4 is 19.2 Å². The van der Waals surface area contributed by atoms with Crippen LogP contribution in [0.5, 0.6) is 0 Å². The van der Waals surface area contributed by atoms with Crippen molar-refractivity contribution < 1.29 is 9.53 Å². The third-order valence-electron chi connectivity index (χ3n) is 4.62. The molecule has 1 aromatic carbocycles. The van der Waals surface area contributed by atoms with E-state index in [0.29, 0.717) is 11.3 Å². The first-order valence-corrected chi connectivity index (χ1v) is 8.21. The Bertz CT molecular complexity index is 535. The van der Waals surface area contributed by atoms with Crippen LogP contribution in [0.15, 0.2) is 41.5 Å². The van der Waals surface area contributed by atoms with Crippen molar-refractivity contribution in [2.75, 3.05) is 7.11 Å². The third-order valence-corrected chi connectivity index (χ3v) is 8.13. The molecule has 2 aliphatic rings. The second-order valence-electron chi connectivity index (χ2n) is 5.43. The zero-order valence-corrected chi connectivity index (χ0v) is 12.5. The average Bonchev–Trinajstić information content (AvgIpc) is 2.94. The highest BCUT2D eigenvalue weighted by atomic mass is 31.1. The minimum absolute atomic E-state index is 0.0252. The molecule has 0 N–H and O–H groups in total. The van der Waals surface area contributed by atoms with E-state index in [1.54, 1.807) is 0 Å². The van der Waals surface area contributed by atoms with Crippen LogP contribution in [-0.2, 0) is 9.53 Å². The maximum Gasteiger partial charge on any atom is 0.309 e. The van der Waals surface area contributed by atoms with E-state index in [1.165, 1.54) is 23.6 Å². The van der Waals surface area contributed by atoms with Crippen LogP contribution in [-0.4, -0.2) is 24.4 Å². The average molecular weight is 274 g/mol. The second-order valence-corrected chi connectivity index (χ2v) is 7.95. The Balaban J connectivity index is 1.99. The lowest BCUT2D eigenvalue weighted by Crippen LogP contribution is -2.27. The standard InChI is InChI=1S/C16H19O2P/c1-10-11(2)15-13(16(17)18-3)9-14(10)19(15)12-7-5-4-6-8-12/h4-8,13-15H,9H2,1-3H3/t13-,14+,15+,19?/m0/s1. The van der Waals surface area contributed by atoms with Gasteiger partial charge in [-0.2, -0.15) is 0 Å². The minimum Gasteiger partial charge on any atom is -0.469 e. The van der Waals surface area contributed by atoms with Gasteiger partial charge in [0, 0.05) is 11.3 Å². The molecule has 0 aliphatic carbocycles. The normalized spacial score (nSPS) is 32.8. The second kappa shape index (κ2) is 4.76. The molecule has 0 amide bonds. The van der Waals surface area contributed by atoms with E-state index in [9.17, 15) is 4.79 Å². The summed E-state index contributed by atoms with van der Waals surface area (Å²) >= 11 is 0. The Morgan fingerprint density at radius 2 is 1.89 bits per heavy atom. The van der Waals surface area contributed by atoms with Gasteiger partial charge in [-0.3, -0.25) is 4.79 Å². The Morgan fingerprint density at radius 3 is 2.53 bits per heavy atom. The number of allylic oxidation sites excluding steroid dienone is 2. The van der Waals surface area contributed by atoms with Crippen molar-refractivity contribution in [1.29, 1.82) is 0 Å². The Kier molecular flexibility index (Phi) is 3.22. The quantitative estimate of drug-likeness (QED) is 0.470. The fraction of sp³-hybridized carbons (Fsp3) is 0.438. The fourth-order valence-corrected chi connectivity index (χ4v) is 7.49. The van der Waals surface area contributed by atoms with Crippen LogP contribution in [0, 0.1) is 5.92 Å². The number of fused-ring (bicyclic) bond motifs is 2. The lowest BCUT2D eigenvalue weighted by molar-refractivity contribution is -0.145. The molecule has 3 heteroatoms. The molecule has 1 unspecified atom stereocenters. The molecule has 2 bridgehead atoms. The van der Waals surface area contributed by atoms with E-state index in [1.807, 2.05) is 0 Å². The van der Waals surface area contributed by atoms with Gasteiger partial charge >= 0.3 is 5.97 Å². The maximum atomic E-state index is 12.0. The van der Waals surface area contributed by atoms with E-state index >= 15 is 0 Å². The number of carbonyl (C=O) groups is 1. The first kappa shape index (κ1) is 12.9. The zero-order chi connectivity index (χ0) is 13.6. The number of carbonyl (C=O) groups excluding carboxylic acids is 1. The van der Waals surface area contributed by atoms with Crippen molar-refractivity contribution in [3.8, 4) is 0 Å². The van der Waals surface area contributed by atoms with Crippen LogP contribution < -0.4 is 5.30 Å².